The van der Waals surface area contributed by atoms with Crippen molar-refractivity contribution in [2.45, 2.75) is 12.0 Å². The summed E-state index contributed by atoms with van der Waals surface area (Å²) in [5.74, 6) is -0.0228. The molecular formula is C27H21NO3. The largest absolute Gasteiger partial charge is 0.449 e. The van der Waals surface area contributed by atoms with Gasteiger partial charge >= 0.3 is 6.09 Å². The number of amides is 1. The van der Waals surface area contributed by atoms with Crippen molar-refractivity contribution >= 4 is 23.2 Å². The summed E-state index contributed by atoms with van der Waals surface area (Å²) in [6, 6.07) is 29.1. The van der Waals surface area contributed by atoms with Gasteiger partial charge in [-0.1, -0.05) is 91.0 Å². The van der Waals surface area contributed by atoms with Crippen LogP contribution in [0.1, 0.15) is 28.7 Å². The first kappa shape index (κ1) is 19.1. The van der Waals surface area contributed by atoms with Crippen LogP contribution in [0.3, 0.4) is 0 Å². The summed E-state index contributed by atoms with van der Waals surface area (Å²) in [6.07, 6.45) is 0.135. The normalized spacial score (nSPS) is 13.3. The Morgan fingerprint density at radius 3 is 2.16 bits per heavy atom. The molecule has 0 aliphatic heterocycles. The molecule has 0 spiro atoms. The highest BCUT2D eigenvalue weighted by molar-refractivity contribution is 5.89. The fraction of sp³-hybridized carbons (Fsp3) is 0.111. The summed E-state index contributed by atoms with van der Waals surface area (Å²) in [5, 5.41) is 4.66. The summed E-state index contributed by atoms with van der Waals surface area (Å²) in [6.45, 7) is 0.209. The Morgan fingerprint density at radius 2 is 1.45 bits per heavy atom. The number of benzene rings is 4. The van der Waals surface area contributed by atoms with Gasteiger partial charge in [0.1, 0.15) is 18.9 Å². The van der Waals surface area contributed by atoms with Gasteiger partial charge in [0.25, 0.3) is 0 Å². The van der Waals surface area contributed by atoms with E-state index in [9.17, 15) is 9.59 Å². The van der Waals surface area contributed by atoms with Crippen molar-refractivity contribution in [1.82, 2.24) is 5.32 Å². The Bertz CT molecular complexity index is 1230. The van der Waals surface area contributed by atoms with Gasteiger partial charge in [-0.15, -0.1) is 0 Å². The van der Waals surface area contributed by atoms with Gasteiger partial charge in [0.15, 0.2) is 0 Å². The first-order valence-corrected chi connectivity index (χ1v) is 10.3. The number of hydrogen-bond donors (Lipinski definition) is 1. The average molecular weight is 407 g/mol. The minimum Gasteiger partial charge on any atom is -0.449 e. The minimum atomic E-state index is -0.776. The molecule has 1 aliphatic carbocycles. The van der Waals surface area contributed by atoms with Gasteiger partial charge in [-0.2, -0.15) is 0 Å². The fourth-order valence-corrected chi connectivity index (χ4v) is 4.47. The van der Waals surface area contributed by atoms with Crippen LogP contribution in [-0.4, -0.2) is 19.0 Å². The van der Waals surface area contributed by atoms with Crippen molar-refractivity contribution < 1.29 is 14.3 Å². The lowest BCUT2D eigenvalue weighted by Crippen LogP contribution is -2.31. The molecule has 0 fully saturated rings. The van der Waals surface area contributed by atoms with E-state index in [-0.39, 0.29) is 12.5 Å². The van der Waals surface area contributed by atoms with Crippen molar-refractivity contribution in [3.63, 3.8) is 0 Å². The number of rotatable bonds is 5. The van der Waals surface area contributed by atoms with Crippen LogP contribution < -0.4 is 5.32 Å². The van der Waals surface area contributed by atoms with E-state index in [4.69, 9.17) is 4.74 Å². The van der Waals surface area contributed by atoms with Gasteiger partial charge in [-0.3, -0.25) is 0 Å². The molecule has 4 aromatic rings. The second-order valence-electron chi connectivity index (χ2n) is 7.65. The molecule has 0 bridgehead atoms. The molecule has 0 saturated heterocycles. The van der Waals surface area contributed by atoms with Crippen molar-refractivity contribution in [1.29, 1.82) is 0 Å². The first-order valence-electron chi connectivity index (χ1n) is 10.3. The van der Waals surface area contributed by atoms with Crippen LogP contribution in [0.15, 0.2) is 91.0 Å². The molecule has 0 heterocycles. The van der Waals surface area contributed by atoms with E-state index >= 15 is 0 Å². The molecule has 4 aromatic carbocycles. The van der Waals surface area contributed by atoms with Gasteiger partial charge in [-0.05, 0) is 38.6 Å². The van der Waals surface area contributed by atoms with Gasteiger partial charge in [-0.25, -0.2) is 4.79 Å². The second kappa shape index (κ2) is 8.07. The Balaban J connectivity index is 1.34. The summed E-state index contributed by atoms with van der Waals surface area (Å²) < 4.78 is 5.60. The minimum absolute atomic E-state index is 0.0228. The number of carbonyl (C=O) groups is 2. The molecule has 4 nitrogen and oxygen atoms in total. The van der Waals surface area contributed by atoms with E-state index in [0.717, 1.165) is 33.7 Å². The smallest absolute Gasteiger partial charge is 0.408 e. The highest BCUT2D eigenvalue weighted by Crippen LogP contribution is 2.44. The van der Waals surface area contributed by atoms with Gasteiger partial charge in [0, 0.05) is 5.92 Å². The second-order valence-corrected chi connectivity index (χ2v) is 7.65. The van der Waals surface area contributed by atoms with Crippen molar-refractivity contribution in [3.05, 3.63) is 108 Å². The lowest BCUT2D eigenvalue weighted by molar-refractivity contribution is -0.109. The summed E-state index contributed by atoms with van der Waals surface area (Å²) in [7, 11) is 0. The number of fused-ring (bicyclic) bond motifs is 4. The van der Waals surface area contributed by atoms with Crippen LogP contribution in [0.4, 0.5) is 4.79 Å². The molecule has 0 aromatic heterocycles. The van der Waals surface area contributed by atoms with Crippen LogP contribution in [-0.2, 0) is 9.53 Å². The Hall–Kier alpha value is -3.92. The van der Waals surface area contributed by atoms with E-state index in [1.165, 1.54) is 11.1 Å². The van der Waals surface area contributed by atoms with Gasteiger partial charge in [0.2, 0.25) is 0 Å². The maximum atomic E-state index is 12.6. The number of alkyl carbamates (subject to hydrolysis) is 1. The maximum absolute atomic E-state index is 12.6. The molecule has 5 rings (SSSR count). The number of hydrogen-bond acceptors (Lipinski definition) is 3. The van der Waals surface area contributed by atoms with Crippen LogP contribution in [0.5, 0.6) is 0 Å². The molecule has 0 unspecified atom stereocenters. The summed E-state index contributed by atoms with van der Waals surface area (Å²) in [5.41, 5.74) is 5.40. The van der Waals surface area contributed by atoms with Crippen molar-refractivity contribution in [2.75, 3.05) is 6.61 Å². The molecule has 1 N–H and O–H groups in total. The van der Waals surface area contributed by atoms with Crippen LogP contribution in [0.2, 0.25) is 0 Å². The molecule has 0 saturated carbocycles. The maximum Gasteiger partial charge on any atom is 0.408 e. The monoisotopic (exact) mass is 407 g/mol. The Kier molecular flexibility index (Phi) is 4.97. The highest BCUT2D eigenvalue weighted by atomic mass is 16.5. The SMILES string of the molecule is O=C[C@@H](NC(=O)OCC1c2ccccc2-c2ccccc21)c1cccc2ccccc12. The van der Waals surface area contributed by atoms with Gasteiger partial charge in [0.05, 0.1) is 0 Å². The Morgan fingerprint density at radius 1 is 0.839 bits per heavy atom. The third kappa shape index (κ3) is 3.46. The standard InChI is InChI=1S/C27H21NO3/c29-16-26(24-15-7-9-18-8-1-2-10-19(18)24)28-27(30)31-17-25-22-13-5-3-11-20(22)21-12-4-6-14-23(21)25/h1-16,25-26H,17H2,(H,28,30)/t26-/m1/s1. The molecule has 0 radical (unpaired) electrons. The first-order chi connectivity index (χ1) is 15.3. The number of carbonyl (C=O) groups excluding carboxylic acids is 2. The summed E-state index contributed by atoms with van der Waals surface area (Å²) in [4.78, 5) is 24.4. The predicted octanol–water partition coefficient (Wildman–Crippen LogP) is 5.62. The molecule has 31 heavy (non-hydrogen) atoms. The summed E-state index contributed by atoms with van der Waals surface area (Å²) >= 11 is 0. The van der Waals surface area contributed by atoms with E-state index in [1.807, 2.05) is 66.7 Å². The molecule has 152 valence electrons. The third-order valence-corrected chi connectivity index (χ3v) is 5.91. The zero-order valence-corrected chi connectivity index (χ0v) is 16.8. The molecular weight excluding hydrogens is 386 g/mol. The molecule has 1 atom stereocenters. The van der Waals surface area contributed by atoms with E-state index in [0.29, 0.717) is 0 Å². The highest BCUT2D eigenvalue weighted by Gasteiger charge is 2.29. The fourth-order valence-electron chi connectivity index (χ4n) is 4.47. The zero-order chi connectivity index (χ0) is 21.2. The average Bonchev–Trinajstić information content (AvgIpc) is 3.15. The van der Waals surface area contributed by atoms with E-state index in [1.54, 1.807) is 0 Å². The predicted molar refractivity (Wildman–Crippen MR) is 121 cm³/mol. The number of aldehydes is 1. The number of nitrogens with one attached hydrogen (secondary N) is 1. The topological polar surface area (TPSA) is 55.4 Å². The molecule has 1 amide bonds. The van der Waals surface area contributed by atoms with Crippen molar-refractivity contribution in [3.8, 4) is 11.1 Å². The van der Waals surface area contributed by atoms with Crippen molar-refractivity contribution in [2.24, 2.45) is 0 Å². The Labute approximate surface area is 180 Å². The van der Waals surface area contributed by atoms with E-state index < -0.39 is 12.1 Å². The van der Waals surface area contributed by atoms with Crippen LogP contribution in [0.25, 0.3) is 21.9 Å². The third-order valence-electron chi connectivity index (χ3n) is 5.91. The van der Waals surface area contributed by atoms with E-state index in [2.05, 4.69) is 29.6 Å². The lowest BCUT2D eigenvalue weighted by atomic mass is 9.98. The quantitative estimate of drug-likeness (QED) is 0.437. The van der Waals surface area contributed by atoms with Crippen LogP contribution >= 0.6 is 0 Å². The van der Waals surface area contributed by atoms with Crippen LogP contribution in [0, 0.1) is 0 Å². The van der Waals surface area contributed by atoms with Gasteiger partial charge < -0.3 is 14.8 Å². The molecule has 1 aliphatic rings. The zero-order valence-electron chi connectivity index (χ0n) is 16.8. The lowest BCUT2D eigenvalue weighted by Gasteiger charge is -2.18. The molecule has 4 heteroatoms. The number of ether oxygens (including phenoxy) is 1.